The summed E-state index contributed by atoms with van der Waals surface area (Å²) in [6.45, 7) is 7.47. The van der Waals surface area contributed by atoms with Gasteiger partial charge in [-0.05, 0) is 74.0 Å². The van der Waals surface area contributed by atoms with Crippen LogP contribution in [0.2, 0.25) is 5.02 Å². The van der Waals surface area contributed by atoms with Crippen LogP contribution in [-0.2, 0) is 16.6 Å². The van der Waals surface area contributed by atoms with Crippen molar-refractivity contribution in [3.8, 4) is 11.1 Å². The third kappa shape index (κ3) is 5.33. The number of sulfonamides is 1. The van der Waals surface area contributed by atoms with Crippen LogP contribution in [0, 0.1) is 6.92 Å². The second-order valence-electron chi connectivity index (χ2n) is 9.48. The van der Waals surface area contributed by atoms with E-state index in [1.54, 1.807) is 30.3 Å². The van der Waals surface area contributed by atoms with Gasteiger partial charge in [0.15, 0.2) is 11.5 Å². The van der Waals surface area contributed by atoms with Crippen LogP contribution < -0.4 is 10.5 Å². The highest BCUT2D eigenvalue weighted by molar-refractivity contribution is 7.92. The van der Waals surface area contributed by atoms with Crippen molar-refractivity contribution in [3.63, 3.8) is 0 Å². The number of nitrogens with two attached hydrogens (primary N) is 1. The Bertz CT molecular complexity index is 1510. The van der Waals surface area contributed by atoms with Gasteiger partial charge in [0.2, 0.25) is 0 Å². The lowest BCUT2D eigenvalue weighted by Crippen LogP contribution is -2.19. The molecular formula is C26H31ClN6O2S. The first-order chi connectivity index (χ1) is 17.0. The molecule has 0 atom stereocenters. The maximum Gasteiger partial charge on any atom is 0.263 e. The van der Waals surface area contributed by atoms with Crippen molar-refractivity contribution in [1.82, 2.24) is 19.7 Å². The van der Waals surface area contributed by atoms with Crippen molar-refractivity contribution in [3.05, 3.63) is 64.8 Å². The number of aryl methyl sites for hydroxylation is 1. The Labute approximate surface area is 217 Å². The lowest BCUT2D eigenvalue weighted by atomic mass is 9.99. The topological polar surface area (TPSA) is 106 Å². The van der Waals surface area contributed by atoms with E-state index in [0.717, 1.165) is 40.0 Å². The second kappa shape index (κ2) is 10.1. The zero-order valence-corrected chi connectivity index (χ0v) is 22.7. The maximum atomic E-state index is 12.9. The number of aromatic nitrogens is 3. The zero-order chi connectivity index (χ0) is 26.2. The molecule has 0 aliphatic carbocycles. The molecule has 0 radical (unpaired) electrons. The minimum Gasteiger partial charge on any atom is -0.382 e. The zero-order valence-electron chi connectivity index (χ0n) is 21.1. The minimum absolute atomic E-state index is 0.0450. The quantitative estimate of drug-likeness (QED) is 0.330. The molecule has 0 unspecified atom stereocenters. The van der Waals surface area contributed by atoms with Gasteiger partial charge in [0.1, 0.15) is 4.90 Å². The van der Waals surface area contributed by atoms with E-state index in [-0.39, 0.29) is 15.8 Å². The highest BCUT2D eigenvalue weighted by atomic mass is 35.5. The molecule has 0 bridgehead atoms. The number of likely N-dealkylation sites (N-methyl/N-ethyl adjacent to an activating group) is 1. The van der Waals surface area contributed by atoms with Crippen LogP contribution in [0.15, 0.2) is 53.4 Å². The molecule has 8 nitrogen and oxygen atoms in total. The Morgan fingerprint density at radius 1 is 1.11 bits per heavy atom. The summed E-state index contributed by atoms with van der Waals surface area (Å²) in [5, 5.41) is 5.53. The van der Waals surface area contributed by atoms with Gasteiger partial charge in [-0.2, -0.15) is 5.10 Å². The Morgan fingerprint density at radius 3 is 2.44 bits per heavy atom. The molecule has 10 heteroatoms. The highest BCUT2D eigenvalue weighted by Crippen LogP contribution is 2.35. The van der Waals surface area contributed by atoms with Crippen LogP contribution >= 0.6 is 11.6 Å². The number of halogens is 1. The van der Waals surface area contributed by atoms with Crippen LogP contribution in [0.4, 0.5) is 11.5 Å². The van der Waals surface area contributed by atoms with Gasteiger partial charge in [-0.1, -0.05) is 43.6 Å². The third-order valence-corrected chi connectivity index (χ3v) is 7.79. The van der Waals surface area contributed by atoms with E-state index in [9.17, 15) is 8.42 Å². The molecule has 0 aliphatic heterocycles. The standard InChI is InChI=1S/C26H31ClN6O2S/c1-16(2)22-15-20(24-25(28)30-33(26(24)29-22)13-12-32(4)5)18-7-9-19(10-8-18)31-36(34,35)23-14-17(3)6-11-21(23)27/h6-11,14-16,31H,12-13H2,1-5H3,(H2,28,30). The van der Waals surface area contributed by atoms with Crippen LogP contribution in [0.3, 0.4) is 0 Å². The third-order valence-electron chi connectivity index (χ3n) is 5.92. The number of nitrogen functional groups attached to an aromatic ring is 1. The van der Waals surface area contributed by atoms with Crippen molar-refractivity contribution < 1.29 is 8.42 Å². The number of fused-ring (bicyclic) bond motifs is 1. The van der Waals surface area contributed by atoms with E-state index in [1.807, 2.05) is 43.9 Å². The first-order valence-electron chi connectivity index (χ1n) is 11.7. The van der Waals surface area contributed by atoms with Crippen molar-refractivity contribution in [2.75, 3.05) is 31.1 Å². The molecule has 0 aliphatic rings. The first-order valence-corrected chi connectivity index (χ1v) is 13.5. The van der Waals surface area contributed by atoms with Gasteiger partial charge >= 0.3 is 0 Å². The fourth-order valence-corrected chi connectivity index (χ4v) is 5.58. The van der Waals surface area contributed by atoms with Crippen LogP contribution in [-0.4, -0.2) is 48.7 Å². The molecule has 190 valence electrons. The SMILES string of the molecule is Cc1ccc(Cl)c(S(=O)(=O)Nc2ccc(-c3cc(C(C)C)nc4c3c(N)nn4CCN(C)C)cc2)c1. The number of pyridine rings is 1. The summed E-state index contributed by atoms with van der Waals surface area (Å²) in [5.74, 6) is 0.622. The number of nitrogens with one attached hydrogen (secondary N) is 1. The van der Waals surface area contributed by atoms with Crippen molar-refractivity contribution >= 4 is 44.2 Å². The van der Waals surface area contributed by atoms with Gasteiger partial charge in [0.25, 0.3) is 10.0 Å². The molecule has 0 amide bonds. The summed E-state index contributed by atoms with van der Waals surface area (Å²) >= 11 is 6.16. The molecule has 2 heterocycles. The Balaban J connectivity index is 1.73. The van der Waals surface area contributed by atoms with E-state index < -0.39 is 10.0 Å². The monoisotopic (exact) mass is 526 g/mol. The van der Waals surface area contributed by atoms with E-state index in [0.29, 0.717) is 18.1 Å². The number of benzene rings is 2. The van der Waals surface area contributed by atoms with Gasteiger partial charge in [-0.25, -0.2) is 18.1 Å². The van der Waals surface area contributed by atoms with Crippen molar-refractivity contribution in [2.24, 2.45) is 0 Å². The summed E-state index contributed by atoms with van der Waals surface area (Å²) in [6.07, 6.45) is 0. The average Bonchev–Trinajstić information content (AvgIpc) is 3.14. The molecule has 3 N–H and O–H groups in total. The van der Waals surface area contributed by atoms with Gasteiger partial charge in [0.05, 0.1) is 17.0 Å². The van der Waals surface area contributed by atoms with Crippen molar-refractivity contribution in [1.29, 1.82) is 0 Å². The molecule has 0 fully saturated rings. The van der Waals surface area contributed by atoms with Gasteiger partial charge in [-0.15, -0.1) is 0 Å². The number of hydrogen-bond acceptors (Lipinski definition) is 6. The number of nitrogens with zero attached hydrogens (tertiary/aromatic N) is 4. The fraction of sp³-hybridized carbons (Fsp3) is 0.308. The summed E-state index contributed by atoms with van der Waals surface area (Å²) in [6, 6.07) is 14.1. The normalized spacial score (nSPS) is 12.1. The molecule has 2 aromatic carbocycles. The molecule has 2 aromatic heterocycles. The second-order valence-corrected chi connectivity index (χ2v) is 11.5. The molecule has 36 heavy (non-hydrogen) atoms. The molecule has 4 aromatic rings. The first kappa shape index (κ1) is 25.9. The summed E-state index contributed by atoms with van der Waals surface area (Å²) < 4.78 is 30.4. The summed E-state index contributed by atoms with van der Waals surface area (Å²) in [4.78, 5) is 7.00. The molecular weight excluding hydrogens is 496 g/mol. The largest absolute Gasteiger partial charge is 0.382 e. The molecule has 0 spiro atoms. The molecule has 0 saturated heterocycles. The minimum atomic E-state index is -3.84. The Morgan fingerprint density at radius 2 is 1.81 bits per heavy atom. The average molecular weight is 527 g/mol. The lowest BCUT2D eigenvalue weighted by molar-refractivity contribution is 0.376. The maximum absolute atomic E-state index is 12.9. The van der Waals surface area contributed by atoms with Crippen LogP contribution in [0.1, 0.15) is 31.0 Å². The molecule has 0 saturated carbocycles. The van der Waals surface area contributed by atoms with E-state index >= 15 is 0 Å². The van der Waals surface area contributed by atoms with Gasteiger partial charge in [-0.3, -0.25) is 4.72 Å². The number of hydrogen-bond donors (Lipinski definition) is 2. The Kier molecular flexibility index (Phi) is 7.26. The summed E-state index contributed by atoms with van der Waals surface area (Å²) in [5.41, 5.74) is 11.1. The van der Waals surface area contributed by atoms with Gasteiger partial charge in [0, 0.05) is 17.9 Å². The van der Waals surface area contributed by atoms with Crippen molar-refractivity contribution in [2.45, 2.75) is 38.1 Å². The Hall–Kier alpha value is -3.14. The van der Waals surface area contributed by atoms with Gasteiger partial charge < -0.3 is 10.6 Å². The highest BCUT2D eigenvalue weighted by Gasteiger charge is 2.20. The predicted octanol–water partition coefficient (Wildman–Crippen LogP) is 5.13. The fourth-order valence-electron chi connectivity index (χ4n) is 3.94. The summed E-state index contributed by atoms with van der Waals surface area (Å²) in [7, 11) is 0.177. The van der Waals surface area contributed by atoms with Crippen LogP contribution in [0.5, 0.6) is 0 Å². The number of rotatable bonds is 8. The molecule has 4 rings (SSSR count). The smallest absolute Gasteiger partial charge is 0.263 e. The lowest BCUT2D eigenvalue weighted by Gasteiger charge is -2.13. The van der Waals surface area contributed by atoms with E-state index in [1.165, 1.54) is 0 Å². The van der Waals surface area contributed by atoms with E-state index in [2.05, 4.69) is 28.6 Å². The predicted molar refractivity (Wildman–Crippen MR) is 147 cm³/mol. The van der Waals surface area contributed by atoms with Crippen LogP contribution in [0.25, 0.3) is 22.2 Å². The van der Waals surface area contributed by atoms with E-state index in [4.69, 9.17) is 22.3 Å². The number of anilines is 2.